The van der Waals surface area contributed by atoms with E-state index in [0.29, 0.717) is 5.92 Å². The van der Waals surface area contributed by atoms with Crippen LogP contribution in [0.1, 0.15) is 55.4 Å². The molecule has 0 amide bonds. The lowest BCUT2D eigenvalue weighted by Crippen LogP contribution is -2.34. The Balaban J connectivity index is 0.00000120. The molecule has 0 aromatic heterocycles. The molecule has 3 aromatic rings. The molecule has 0 aliphatic heterocycles. The lowest BCUT2D eigenvalue weighted by molar-refractivity contribution is 0.745. The Morgan fingerprint density at radius 1 is 0.483 bits per heavy atom. The quantitative estimate of drug-likeness (QED) is 0.378. The predicted octanol–water partition coefficient (Wildman–Crippen LogP) is 7.72. The third kappa shape index (κ3) is 7.45. The zero-order valence-corrected chi connectivity index (χ0v) is 20.8. The number of rotatable bonds is 5. The van der Waals surface area contributed by atoms with Gasteiger partial charge in [0.25, 0.3) is 0 Å². The molecule has 29 heavy (non-hydrogen) atoms. The van der Waals surface area contributed by atoms with Crippen LogP contribution in [0.2, 0.25) is 0 Å². The standard InChI is InChI=1S/C22H24P.3C2H6/c1-19(2)18-23(20-12-6-3-7-13-20,21-14-8-4-9-15-21)22-16-10-5-11-17-22;3*1-2/h3-17,19H,18H2,1-2H3;3*1-2H3/q+1;;;. The van der Waals surface area contributed by atoms with E-state index in [1.165, 1.54) is 22.1 Å². The van der Waals surface area contributed by atoms with Crippen molar-refractivity contribution in [2.45, 2.75) is 55.4 Å². The van der Waals surface area contributed by atoms with Gasteiger partial charge in [0.15, 0.2) is 0 Å². The molecule has 3 aromatic carbocycles. The SMILES string of the molecule is CC.CC.CC.CC(C)C[P+](c1ccccc1)(c1ccccc1)c1ccccc1. The van der Waals surface area contributed by atoms with E-state index in [1.54, 1.807) is 0 Å². The van der Waals surface area contributed by atoms with Crippen molar-refractivity contribution in [3.63, 3.8) is 0 Å². The van der Waals surface area contributed by atoms with Crippen LogP contribution < -0.4 is 15.9 Å². The van der Waals surface area contributed by atoms with E-state index in [2.05, 4.69) is 105 Å². The highest BCUT2D eigenvalue weighted by atomic mass is 31.2. The lowest BCUT2D eigenvalue weighted by atomic mass is 10.3. The van der Waals surface area contributed by atoms with Crippen molar-refractivity contribution in [3.05, 3.63) is 91.0 Å². The molecule has 0 nitrogen and oxygen atoms in total. The van der Waals surface area contributed by atoms with E-state index < -0.39 is 7.26 Å². The molecule has 0 radical (unpaired) electrons. The molecule has 158 valence electrons. The van der Waals surface area contributed by atoms with Gasteiger partial charge in [-0.2, -0.15) is 0 Å². The van der Waals surface area contributed by atoms with Crippen molar-refractivity contribution in [1.29, 1.82) is 0 Å². The number of hydrogen-bond acceptors (Lipinski definition) is 0. The van der Waals surface area contributed by atoms with Crippen LogP contribution in [-0.2, 0) is 0 Å². The monoisotopic (exact) mass is 409 g/mol. The van der Waals surface area contributed by atoms with Crippen LogP contribution in [0.4, 0.5) is 0 Å². The number of hydrogen-bond donors (Lipinski definition) is 0. The average molecular weight is 410 g/mol. The molecule has 0 heterocycles. The second kappa shape index (κ2) is 15.9. The fraction of sp³-hybridized carbons (Fsp3) is 0.357. The smallest absolute Gasteiger partial charge is 0.0683 e. The summed E-state index contributed by atoms with van der Waals surface area (Å²) in [4.78, 5) is 0. The molecule has 1 heteroatoms. The van der Waals surface area contributed by atoms with Crippen LogP contribution in [0.25, 0.3) is 0 Å². The molecule has 0 unspecified atom stereocenters. The summed E-state index contributed by atoms with van der Waals surface area (Å²) in [5.74, 6) is 0.643. The molecule has 3 rings (SSSR count). The minimum atomic E-state index is -1.61. The second-order valence-corrected chi connectivity index (χ2v) is 9.93. The summed E-state index contributed by atoms with van der Waals surface area (Å²) in [6.45, 7) is 16.7. The molecule has 0 aliphatic rings. The Bertz CT molecular complexity index is 621. The summed E-state index contributed by atoms with van der Waals surface area (Å²) < 4.78 is 0. The summed E-state index contributed by atoms with van der Waals surface area (Å²) >= 11 is 0. The highest BCUT2D eigenvalue weighted by Gasteiger charge is 2.45. The van der Waals surface area contributed by atoms with Crippen LogP contribution in [0.3, 0.4) is 0 Å². The van der Waals surface area contributed by atoms with Crippen molar-refractivity contribution in [2.75, 3.05) is 6.16 Å². The van der Waals surface area contributed by atoms with Crippen molar-refractivity contribution in [1.82, 2.24) is 0 Å². The van der Waals surface area contributed by atoms with Crippen LogP contribution in [0.5, 0.6) is 0 Å². The Kier molecular flexibility index (Phi) is 14.9. The van der Waals surface area contributed by atoms with Crippen molar-refractivity contribution in [3.8, 4) is 0 Å². The fourth-order valence-electron chi connectivity index (χ4n) is 3.36. The first kappa shape index (κ1) is 27.1. The normalized spacial score (nSPS) is 9.83. The van der Waals surface area contributed by atoms with E-state index in [4.69, 9.17) is 0 Å². The largest absolute Gasteiger partial charge is 0.112 e. The molecular formula is C28H42P+. The Morgan fingerprint density at radius 3 is 0.931 bits per heavy atom. The van der Waals surface area contributed by atoms with Gasteiger partial charge >= 0.3 is 0 Å². The summed E-state index contributed by atoms with van der Waals surface area (Å²) in [5.41, 5.74) is 0. The predicted molar refractivity (Wildman–Crippen MR) is 139 cm³/mol. The summed E-state index contributed by atoms with van der Waals surface area (Å²) in [6.07, 6.45) is 1.20. The number of benzene rings is 3. The van der Waals surface area contributed by atoms with Gasteiger partial charge in [-0.3, -0.25) is 0 Å². The van der Waals surface area contributed by atoms with E-state index in [0.717, 1.165) is 0 Å². The van der Waals surface area contributed by atoms with Gasteiger partial charge < -0.3 is 0 Å². The Hall–Kier alpha value is -1.91. The highest BCUT2D eigenvalue weighted by Crippen LogP contribution is 2.56. The Morgan fingerprint density at radius 2 is 0.724 bits per heavy atom. The minimum absolute atomic E-state index is 0.643. The van der Waals surface area contributed by atoms with Gasteiger partial charge in [-0.25, -0.2) is 0 Å². The maximum atomic E-state index is 2.34. The van der Waals surface area contributed by atoms with Gasteiger partial charge in [0, 0.05) is 0 Å². The average Bonchev–Trinajstić information content (AvgIpc) is 2.83. The molecule has 0 fully saturated rings. The van der Waals surface area contributed by atoms with Crippen molar-refractivity contribution in [2.24, 2.45) is 5.92 Å². The third-order valence-electron chi connectivity index (χ3n) is 4.23. The van der Waals surface area contributed by atoms with Crippen molar-refractivity contribution >= 4 is 23.2 Å². The van der Waals surface area contributed by atoms with E-state index in [1.807, 2.05) is 41.5 Å². The van der Waals surface area contributed by atoms with E-state index in [9.17, 15) is 0 Å². The summed E-state index contributed by atoms with van der Waals surface area (Å²) in [7, 11) is -1.61. The van der Waals surface area contributed by atoms with Gasteiger partial charge in [-0.05, 0) is 42.3 Å². The highest BCUT2D eigenvalue weighted by molar-refractivity contribution is 7.95. The first-order chi connectivity index (χ1) is 14.2. The summed E-state index contributed by atoms with van der Waals surface area (Å²) in [6, 6.07) is 33.3. The maximum absolute atomic E-state index is 2.34. The molecular weight excluding hydrogens is 367 g/mol. The fourth-order valence-corrected chi connectivity index (χ4v) is 8.02. The molecule has 0 saturated heterocycles. The lowest BCUT2D eigenvalue weighted by Gasteiger charge is -2.29. The first-order valence-corrected chi connectivity index (χ1v) is 13.3. The van der Waals surface area contributed by atoms with Crippen LogP contribution >= 0.6 is 7.26 Å². The van der Waals surface area contributed by atoms with Gasteiger partial charge in [-0.15, -0.1) is 0 Å². The molecule has 0 atom stereocenters. The van der Waals surface area contributed by atoms with Gasteiger partial charge in [0.05, 0.1) is 6.16 Å². The van der Waals surface area contributed by atoms with Gasteiger partial charge in [-0.1, -0.05) is 110 Å². The molecule has 0 aliphatic carbocycles. The van der Waals surface area contributed by atoms with Crippen LogP contribution in [-0.4, -0.2) is 6.16 Å². The third-order valence-corrected chi connectivity index (χ3v) is 9.05. The van der Waals surface area contributed by atoms with Gasteiger partial charge in [0.2, 0.25) is 0 Å². The topological polar surface area (TPSA) is 0 Å². The van der Waals surface area contributed by atoms with Crippen LogP contribution in [0, 0.1) is 5.92 Å². The molecule has 0 spiro atoms. The van der Waals surface area contributed by atoms with E-state index >= 15 is 0 Å². The molecule has 0 N–H and O–H groups in total. The zero-order valence-electron chi connectivity index (χ0n) is 19.9. The first-order valence-electron chi connectivity index (χ1n) is 11.3. The molecule has 0 saturated carbocycles. The van der Waals surface area contributed by atoms with Crippen molar-refractivity contribution < 1.29 is 0 Å². The Labute approximate surface area is 181 Å². The maximum Gasteiger partial charge on any atom is 0.112 e. The van der Waals surface area contributed by atoms with Gasteiger partial charge in [0.1, 0.15) is 23.2 Å². The summed E-state index contributed by atoms with van der Waals surface area (Å²) in [5, 5.41) is 4.43. The molecule has 0 bridgehead atoms. The van der Waals surface area contributed by atoms with E-state index in [-0.39, 0.29) is 0 Å². The zero-order chi connectivity index (χ0) is 22.1. The minimum Gasteiger partial charge on any atom is -0.0683 e. The van der Waals surface area contributed by atoms with Crippen LogP contribution in [0.15, 0.2) is 91.0 Å². The second-order valence-electron chi connectivity index (χ2n) is 6.39.